The smallest absolute Gasteiger partial charge is 0.159 e. The van der Waals surface area contributed by atoms with Crippen LogP contribution >= 0.6 is 0 Å². The van der Waals surface area contributed by atoms with Gasteiger partial charge in [0.1, 0.15) is 23.1 Å². The summed E-state index contributed by atoms with van der Waals surface area (Å²) in [6.07, 6.45) is 8.96. The minimum Gasteiger partial charge on any atom is -0.457 e. The van der Waals surface area contributed by atoms with Crippen molar-refractivity contribution in [3.63, 3.8) is 0 Å². The summed E-state index contributed by atoms with van der Waals surface area (Å²) in [7, 11) is 0. The lowest BCUT2D eigenvalue weighted by atomic mass is 9.91. The molecule has 6 aromatic heterocycles. The number of pyridine rings is 3. The maximum Gasteiger partial charge on any atom is 0.159 e. The van der Waals surface area contributed by atoms with Crippen LogP contribution in [-0.2, 0) is 0 Å². The SMILES string of the molecule is c1ccc(-c2ccc(-n3c(-c4cc(-c5ccccc5-c5ccc(-c6ncccn6)cc5Oc5cccc(-c6ccccn6)c5)cc(-c5nc6ccccc6n5-c5ccc(-c6ccccn6)cc5)c4)nc4ccccc43)cc2)nc1. The second-order valence-corrected chi connectivity index (χ2v) is 19.0. The number of fused-ring (bicyclic) bond motifs is 2. The molecule has 372 valence electrons. The molecule has 79 heavy (non-hydrogen) atoms. The number of benzene rings is 8. The molecule has 10 nitrogen and oxygen atoms in total. The van der Waals surface area contributed by atoms with Gasteiger partial charge in [-0.2, -0.15) is 0 Å². The zero-order chi connectivity index (χ0) is 52.5. The number of hydrogen-bond donors (Lipinski definition) is 0. The molecular formula is C69H45N9O. The first-order valence-corrected chi connectivity index (χ1v) is 26.0. The van der Waals surface area contributed by atoms with Gasteiger partial charge < -0.3 is 4.74 Å². The summed E-state index contributed by atoms with van der Waals surface area (Å²) >= 11 is 0. The van der Waals surface area contributed by atoms with Gasteiger partial charge in [0.25, 0.3) is 0 Å². The molecule has 0 fully saturated rings. The molecule has 14 aromatic rings. The summed E-state index contributed by atoms with van der Waals surface area (Å²) in [5.74, 6) is 3.45. The predicted molar refractivity (Wildman–Crippen MR) is 315 cm³/mol. The van der Waals surface area contributed by atoms with Crippen molar-refractivity contribution in [2.75, 3.05) is 0 Å². The third-order valence-electron chi connectivity index (χ3n) is 14.1. The maximum absolute atomic E-state index is 7.02. The summed E-state index contributed by atoms with van der Waals surface area (Å²) in [6.45, 7) is 0. The molecule has 0 aliphatic carbocycles. The first kappa shape index (κ1) is 46.6. The average molecular weight is 1020 g/mol. The van der Waals surface area contributed by atoms with Crippen LogP contribution in [-0.4, -0.2) is 44.0 Å². The van der Waals surface area contributed by atoms with Crippen LogP contribution in [0.1, 0.15) is 0 Å². The van der Waals surface area contributed by atoms with E-state index in [4.69, 9.17) is 14.7 Å². The highest BCUT2D eigenvalue weighted by molar-refractivity contribution is 5.93. The van der Waals surface area contributed by atoms with Gasteiger partial charge in [0.05, 0.1) is 39.1 Å². The molecule has 0 atom stereocenters. The van der Waals surface area contributed by atoms with E-state index in [9.17, 15) is 0 Å². The summed E-state index contributed by atoms with van der Waals surface area (Å²) in [6, 6.07) is 82.8. The molecule has 0 unspecified atom stereocenters. The molecule has 0 radical (unpaired) electrons. The average Bonchev–Trinajstić information content (AvgIpc) is 4.36. The zero-order valence-electron chi connectivity index (χ0n) is 42.4. The van der Waals surface area contributed by atoms with E-state index in [0.29, 0.717) is 17.3 Å². The van der Waals surface area contributed by atoms with Gasteiger partial charge in [-0.3, -0.25) is 24.1 Å². The molecule has 6 heterocycles. The number of hydrogen-bond acceptors (Lipinski definition) is 8. The van der Waals surface area contributed by atoms with Crippen molar-refractivity contribution in [1.82, 2.24) is 44.0 Å². The molecule has 0 aliphatic heterocycles. The molecule has 0 aliphatic rings. The van der Waals surface area contributed by atoms with Gasteiger partial charge in [-0.15, -0.1) is 0 Å². The Morgan fingerprint density at radius 2 is 0.772 bits per heavy atom. The van der Waals surface area contributed by atoms with Crippen LogP contribution in [0, 0.1) is 0 Å². The third-order valence-corrected chi connectivity index (χ3v) is 14.1. The molecular weight excluding hydrogens is 971 g/mol. The predicted octanol–water partition coefficient (Wildman–Crippen LogP) is 16.5. The van der Waals surface area contributed by atoms with Crippen LogP contribution in [0.5, 0.6) is 11.5 Å². The van der Waals surface area contributed by atoms with E-state index in [1.807, 2.05) is 116 Å². The van der Waals surface area contributed by atoms with Gasteiger partial charge >= 0.3 is 0 Å². The summed E-state index contributed by atoms with van der Waals surface area (Å²) < 4.78 is 11.5. The molecule has 0 N–H and O–H groups in total. The number of para-hydroxylation sites is 4. The van der Waals surface area contributed by atoms with Crippen molar-refractivity contribution in [3.05, 3.63) is 274 Å². The lowest BCUT2D eigenvalue weighted by Gasteiger charge is -2.18. The standard InChI is InChI=1S/C69H45N9O/c1-2-18-57(58-35-30-49(67-73-39-14-40-74-67)45-66(58)79-55-16-13-15-48(44-55)61-21-9-12-38-72-61)56(17-1)50-41-51(68-75-62-22-3-5-24-64(62)77(68)53-31-26-46(27-32-53)59-19-7-10-36-70-59)43-52(42-50)69-76-63-23-4-6-25-65(63)78(69)54-33-28-47(29-34-54)60-20-8-11-37-71-60/h1-45H. The third kappa shape index (κ3) is 9.04. The Bertz CT molecular complexity index is 4310. The van der Waals surface area contributed by atoms with E-state index in [1.54, 1.807) is 18.6 Å². The van der Waals surface area contributed by atoms with Crippen molar-refractivity contribution in [2.24, 2.45) is 0 Å². The zero-order valence-corrected chi connectivity index (χ0v) is 42.4. The van der Waals surface area contributed by atoms with Crippen LogP contribution in [0.4, 0.5) is 0 Å². The summed E-state index contributed by atoms with van der Waals surface area (Å²) in [5.41, 5.74) is 17.7. The number of imidazole rings is 2. The van der Waals surface area contributed by atoms with Crippen molar-refractivity contribution < 1.29 is 4.74 Å². The van der Waals surface area contributed by atoms with Gasteiger partial charge in [0.15, 0.2) is 5.82 Å². The summed E-state index contributed by atoms with van der Waals surface area (Å²) in [4.78, 5) is 34.1. The Hall–Kier alpha value is -11.0. The molecule has 0 saturated carbocycles. The van der Waals surface area contributed by atoms with Crippen LogP contribution in [0.15, 0.2) is 274 Å². The van der Waals surface area contributed by atoms with E-state index in [2.05, 4.69) is 174 Å². The van der Waals surface area contributed by atoms with E-state index in [1.165, 1.54) is 0 Å². The second-order valence-electron chi connectivity index (χ2n) is 19.0. The number of aromatic nitrogens is 9. The Labute approximate surface area is 455 Å². The molecule has 0 saturated heterocycles. The highest BCUT2D eigenvalue weighted by atomic mass is 16.5. The van der Waals surface area contributed by atoms with Gasteiger partial charge in [0, 0.05) is 81.3 Å². The van der Waals surface area contributed by atoms with Crippen molar-refractivity contribution >= 4 is 22.1 Å². The Morgan fingerprint density at radius 1 is 0.291 bits per heavy atom. The maximum atomic E-state index is 7.02. The van der Waals surface area contributed by atoms with Crippen molar-refractivity contribution in [2.45, 2.75) is 0 Å². The highest BCUT2D eigenvalue weighted by Crippen LogP contribution is 2.44. The van der Waals surface area contributed by atoms with Gasteiger partial charge in [-0.05, 0) is 150 Å². The van der Waals surface area contributed by atoms with Gasteiger partial charge in [-0.1, -0.05) is 109 Å². The van der Waals surface area contributed by atoms with E-state index in [-0.39, 0.29) is 0 Å². The quantitative estimate of drug-likeness (QED) is 0.119. The molecule has 14 rings (SSSR count). The molecule has 0 spiro atoms. The lowest BCUT2D eigenvalue weighted by molar-refractivity contribution is 0.485. The highest BCUT2D eigenvalue weighted by Gasteiger charge is 2.23. The van der Waals surface area contributed by atoms with Crippen molar-refractivity contribution in [1.29, 1.82) is 0 Å². The normalized spacial score (nSPS) is 11.3. The van der Waals surface area contributed by atoms with Crippen molar-refractivity contribution in [3.8, 4) is 113 Å². The molecule has 10 heteroatoms. The Balaban J connectivity index is 0.981. The minimum atomic E-state index is 0.593. The first-order chi connectivity index (χ1) is 39.1. The van der Waals surface area contributed by atoms with Crippen LogP contribution in [0.3, 0.4) is 0 Å². The van der Waals surface area contributed by atoms with Crippen LogP contribution in [0.25, 0.3) is 124 Å². The van der Waals surface area contributed by atoms with E-state index >= 15 is 0 Å². The fraction of sp³-hybridized carbons (Fsp3) is 0. The fourth-order valence-electron chi connectivity index (χ4n) is 10.4. The molecule has 0 bridgehead atoms. The van der Waals surface area contributed by atoms with E-state index < -0.39 is 0 Å². The summed E-state index contributed by atoms with van der Waals surface area (Å²) in [5, 5.41) is 0. The number of nitrogens with zero attached hydrogens (tertiary/aromatic N) is 9. The van der Waals surface area contributed by atoms with Crippen LogP contribution in [0.2, 0.25) is 0 Å². The molecule has 0 amide bonds. The lowest BCUT2D eigenvalue weighted by Crippen LogP contribution is -2.01. The first-order valence-electron chi connectivity index (χ1n) is 26.0. The van der Waals surface area contributed by atoms with Crippen LogP contribution < -0.4 is 4.74 Å². The largest absolute Gasteiger partial charge is 0.457 e. The Morgan fingerprint density at radius 3 is 1.33 bits per heavy atom. The number of rotatable bonds is 12. The monoisotopic (exact) mass is 1020 g/mol. The molecule has 8 aromatic carbocycles. The topological polar surface area (TPSA) is 109 Å². The van der Waals surface area contributed by atoms with Gasteiger partial charge in [0.2, 0.25) is 0 Å². The Kier molecular flexibility index (Phi) is 12.0. The minimum absolute atomic E-state index is 0.593. The van der Waals surface area contributed by atoms with E-state index in [0.717, 1.165) is 118 Å². The number of ether oxygens (including phenoxy) is 1. The van der Waals surface area contributed by atoms with Gasteiger partial charge in [-0.25, -0.2) is 19.9 Å². The fourth-order valence-corrected chi connectivity index (χ4v) is 10.4. The second kappa shape index (κ2) is 20.3.